The van der Waals surface area contributed by atoms with Crippen molar-refractivity contribution in [3.05, 3.63) is 6.20 Å². The predicted molar refractivity (Wildman–Crippen MR) is 58.7 cm³/mol. The van der Waals surface area contributed by atoms with Crippen LogP contribution in [-0.4, -0.2) is 41.8 Å². The van der Waals surface area contributed by atoms with E-state index in [0.29, 0.717) is 18.8 Å². The summed E-state index contributed by atoms with van der Waals surface area (Å²) in [6, 6.07) is 0. The second kappa shape index (κ2) is 6.26. The van der Waals surface area contributed by atoms with Gasteiger partial charge in [0.2, 0.25) is 0 Å². The molecule has 6 nitrogen and oxygen atoms in total. The molecular formula is C9H18N4O2. The second-order valence-corrected chi connectivity index (χ2v) is 3.17. The van der Waals surface area contributed by atoms with E-state index in [1.165, 1.54) is 0 Å². The number of nitrogens with one attached hydrogen (secondary N) is 1. The zero-order valence-corrected chi connectivity index (χ0v) is 8.94. The summed E-state index contributed by atoms with van der Waals surface area (Å²) in [5, 5.41) is 15.9. The number of aryl methyl sites for hydroxylation is 1. The average molecular weight is 214 g/mol. The van der Waals surface area contributed by atoms with E-state index in [1.54, 1.807) is 18.0 Å². The van der Waals surface area contributed by atoms with Gasteiger partial charge in [-0.25, -0.2) is 4.68 Å². The van der Waals surface area contributed by atoms with Crippen molar-refractivity contribution in [2.45, 2.75) is 13.0 Å². The van der Waals surface area contributed by atoms with Gasteiger partial charge in [0.1, 0.15) is 5.82 Å². The normalized spacial score (nSPS) is 10.5. The zero-order chi connectivity index (χ0) is 11.1. The first-order chi connectivity index (χ1) is 7.29. The van der Waals surface area contributed by atoms with Gasteiger partial charge in [0, 0.05) is 26.8 Å². The number of ether oxygens (including phenoxy) is 1. The number of nitrogens with two attached hydrogens (primary N) is 1. The molecule has 0 saturated carbocycles. The van der Waals surface area contributed by atoms with Crippen molar-refractivity contribution >= 4 is 11.5 Å². The van der Waals surface area contributed by atoms with Crippen molar-refractivity contribution in [1.29, 1.82) is 0 Å². The van der Waals surface area contributed by atoms with Crippen molar-refractivity contribution in [3.8, 4) is 0 Å². The van der Waals surface area contributed by atoms with E-state index in [4.69, 9.17) is 15.6 Å². The summed E-state index contributed by atoms with van der Waals surface area (Å²) in [5.74, 6) is 0.764. The molecule has 0 radical (unpaired) electrons. The van der Waals surface area contributed by atoms with Gasteiger partial charge in [0.25, 0.3) is 0 Å². The van der Waals surface area contributed by atoms with E-state index in [1.807, 2.05) is 0 Å². The fraction of sp³-hybridized carbons (Fsp3) is 0.667. The van der Waals surface area contributed by atoms with Crippen LogP contribution >= 0.6 is 0 Å². The highest BCUT2D eigenvalue weighted by molar-refractivity contribution is 5.60. The van der Waals surface area contributed by atoms with Crippen LogP contribution in [0.4, 0.5) is 11.5 Å². The molecule has 0 aromatic carbocycles. The molecular weight excluding hydrogens is 196 g/mol. The van der Waals surface area contributed by atoms with Gasteiger partial charge in [0.05, 0.1) is 18.5 Å². The van der Waals surface area contributed by atoms with Gasteiger partial charge in [0.15, 0.2) is 0 Å². The largest absolute Gasteiger partial charge is 0.395 e. The molecule has 0 atom stereocenters. The van der Waals surface area contributed by atoms with E-state index in [2.05, 4.69) is 10.4 Å². The first-order valence-corrected chi connectivity index (χ1v) is 4.94. The monoisotopic (exact) mass is 214 g/mol. The molecule has 1 aromatic rings. The highest BCUT2D eigenvalue weighted by Crippen LogP contribution is 2.17. The average Bonchev–Trinajstić information content (AvgIpc) is 2.58. The molecule has 0 aliphatic carbocycles. The van der Waals surface area contributed by atoms with Crippen LogP contribution < -0.4 is 11.1 Å². The molecule has 0 aliphatic heterocycles. The minimum absolute atomic E-state index is 0.0721. The number of rotatable bonds is 7. The molecule has 0 unspecified atom stereocenters. The third kappa shape index (κ3) is 3.41. The van der Waals surface area contributed by atoms with E-state index >= 15 is 0 Å². The molecule has 0 amide bonds. The SMILES string of the molecule is COCCCn1ncc(N)c1NCCO. The lowest BCUT2D eigenvalue weighted by Crippen LogP contribution is -2.13. The van der Waals surface area contributed by atoms with Crippen molar-refractivity contribution in [2.75, 3.05) is 37.9 Å². The number of aliphatic hydroxyl groups is 1. The van der Waals surface area contributed by atoms with Gasteiger partial charge >= 0.3 is 0 Å². The fourth-order valence-electron chi connectivity index (χ4n) is 1.30. The zero-order valence-electron chi connectivity index (χ0n) is 8.94. The summed E-state index contributed by atoms with van der Waals surface area (Å²) in [5.41, 5.74) is 6.33. The quantitative estimate of drug-likeness (QED) is 0.552. The van der Waals surface area contributed by atoms with Gasteiger partial charge in [-0.15, -0.1) is 0 Å². The van der Waals surface area contributed by atoms with Gasteiger partial charge in [-0.2, -0.15) is 5.10 Å². The van der Waals surface area contributed by atoms with Gasteiger partial charge in [-0.1, -0.05) is 0 Å². The molecule has 0 aliphatic rings. The summed E-state index contributed by atoms with van der Waals surface area (Å²) in [6.45, 7) is 1.99. The molecule has 0 fully saturated rings. The Hall–Kier alpha value is -1.27. The van der Waals surface area contributed by atoms with Crippen molar-refractivity contribution in [1.82, 2.24) is 9.78 Å². The van der Waals surface area contributed by atoms with E-state index in [-0.39, 0.29) is 6.61 Å². The Kier molecular flexibility index (Phi) is 4.92. The Labute approximate surface area is 89.0 Å². The molecule has 0 bridgehead atoms. The highest BCUT2D eigenvalue weighted by Gasteiger charge is 2.06. The number of aliphatic hydroxyl groups excluding tert-OH is 1. The van der Waals surface area contributed by atoms with E-state index < -0.39 is 0 Å². The number of anilines is 2. The second-order valence-electron chi connectivity index (χ2n) is 3.17. The lowest BCUT2D eigenvalue weighted by Gasteiger charge is -2.09. The number of nitrogen functional groups attached to an aromatic ring is 1. The summed E-state index contributed by atoms with van der Waals surface area (Å²) in [7, 11) is 1.67. The summed E-state index contributed by atoms with van der Waals surface area (Å²) < 4.78 is 6.74. The molecule has 6 heteroatoms. The highest BCUT2D eigenvalue weighted by atomic mass is 16.5. The summed E-state index contributed by atoms with van der Waals surface area (Å²) in [4.78, 5) is 0. The number of nitrogens with zero attached hydrogens (tertiary/aromatic N) is 2. The van der Waals surface area contributed by atoms with Gasteiger partial charge in [-0.05, 0) is 6.42 Å². The number of hydrogen-bond donors (Lipinski definition) is 3. The molecule has 86 valence electrons. The number of aromatic nitrogens is 2. The Morgan fingerprint density at radius 3 is 3.13 bits per heavy atom. The topological polar surface area (TPSA) is 85.3 Å². The third-order valence-corrected chi connectivity index (χ3v) is 1.99. The molecule has 1 heterocycles. The predicted octanol–water partition coefficient (Wildman–Crippen LogP) is -0.0940. The maximum atomic E-state index is 8.71. The minimum Gasteiger partial charge on any atom is -0.395 e. The van der Waals surface area contributed by atoms with Gasteiger partial charge in [-0.3, -0.25) is 0 Å². The lowest BCUT2D eigenvalue weighted by atomic mass is 10.4. The van der Waals surface area contributed by atoms with Crippen LogP contribution in [0.3, 0.4) is 0 Å². The smallest absolute Gasteiger partial charge is 0.147 e. The summed E-state index contributed by atoms with van der Waals surface area (Å²) in [6.07, 6.45) is 2.48. The molecule has 4 N–H and O–H groups in total. The molecule has 1 rings (SSSR count). The minimum atomic E-state index is 0.0721. The lowest BCUT2D eigenvalue weighted by molar-refractivity contribution is 0.189. The van der Waals surface area contributed by atoms with Crippen LogP contribution in [0.15, 0.2) is 6.20 Å². The maximum Gasteiger partial charge on any atom is 0.147 e. The van der Waals surface area contributed by atoms with E-state index in [9.17, 15) is 0 Å². The standard InChI is InChI=1S/C9H18N4O2/c1-15-6-2-4-13-9(11-3-5-14)8(10)7-12-13/h7,11,14H,2-6,10H2,1H3. The Morgan fingerprint density at radius 1 is 1.67 bits per heavy atom. The number of methoxy groups -OCH3 is 1. The Morgan fingerprint density at radius 2 is 2.47 bits per heavy atom. The van der Waals surface area contributed by atoms with Crippen LogP contribution in [0.25, 0.3) is 0 Å². The van der Waals surface area contributed by atoms with E-state index in [0.717, 1.165) is 18.8 Å². The van der Waals surface area contributed by atoms with Crippen LogP contribution in [-0.2, 0) is 11.3 Å². The summed E-state index contributed by atoms with van der Waals surface area (Å²) >= 11 is 0. The van der Waals surface area contributed by atoms with Crippen molar-refractivity contribution in [2.24, 2.45) is 0 Å². The molecule has 1 aromatic heterocycles. The molecule has 0 saturated heterocycles. The van der Waals surface area contributed by atoms with Crippen LogP contribution in [0.2, 0.25) is 0 Å². The maximum absolute atomic E-state index is 8.71. The molecule has 15 heavy (non-hydrogen) atoms. The van der Waals surface area contributed by atoms with Crippen molar-refractivity contribution in [3.63, 3.8) is 0 Å². The third-order valence-electron chi connectivity index (χ3n) is 1.99. The van der Waals surface area contributed by atoms with Crippen LogP contribution in [0, 0.1) is 0 Å². The first-order valence-electron chi connectivity index (χ1n) is 4.94. The number of hydrogen-bond acceptors (Lipinski definition) is 5. The Bertz CT molecular complexity index is 288. The van der Waals surface area contributed by atoms with Gasteiger partial charge < -0.3 is 20.9 Å². The van der Waals surface area contributed by atoms with Crippen LogP contribution in [0.5, 0.6) is 0 Å². The fourth-order valence-corrected chi connectivity index (χ4v) is 1.30. The van der Waals surface area contributed by atoms with Crippen LogP contribution in [0.1, 0.15) is 6.42 Å². The Balaban J connectivity index is 2.53. The first kappa shape index (κ1) is 11.8. The van der Waals surface area contributed by atoms with Crippen molar-refractivity contribution < 1.29 is 9.84 Å². The molecule has 0 spiro atoms.